The minimum absolute atomic E-state index is 0.468. The van der Waals surface area contributed by atoms with Crippen LogP contribution in [0.2, 0.25) is 0 Å². The van der Waals surface area contributed by atoms with Crippen LogP contribution in [0.3, 0.4) is 0 Å². The fraction of sp³-hybridized carbons (Fsp3) is 0.556. The van der Waals surface area contributed by atoms with Crippen LogP contribution in [0.5, 0.6) is 0 Å². The van der Waals surface area contributed by atoms with Gasteiger partial charge in [0.1, 0.15) is 5.60 Å². The molecule has 0 atom stereocenters. The van der Waals surface area contributed by atoms with Gasteiger partial charge in [-0.05, 0) is 33.8 Å². The van der Waals surface area contributed by atoms with Crippen LogP contribution in [0.4, 0.5) is 4.79 Å². The Balaban J connectivity index is 3.91. The van der Waals surface area contributed by atoms with E-state index in [2.05, 4.69) is 4.99 Å². The lowest BCUT2D eigenvalue weighted by Gasteiger charge is -2.16. The molecule has 0 N–H and O–H groups in total. The second-order valence-corrected chi connectivity index (χ2v) is 3.28. The number of carbonyl (C=O) groups is 1. The molecule has 0 unspecified atom stereocenters. The molecule has 0 aliphatic heterocycles. The maximum absolute atomic E-state index is 10.9. The van der Waals surface area contributed by atoms with E-state index in [1.807, 2.05) is 6.92 Å². The summed E-state index contributed by atoms with van der Waals surface area (Å²) in [6.07, 6.45) is 4.31. The van der Waals surface area contributed by atoms with Crippen molar-refractivity contribution in [1.29, 1.82) is 0 Å². The second kappa shape index (κ2) is 4.70. The molecule has 0 aliphatic rings. The molecule has 0 spiro atoms. The average molecular weight is 169 g/mol. The van der Waals surface area contributed by atoms with E-state index in [0.717, 1.165) is 0 Å². The van der Waals surface area contributed by atoms with Crippen LogP contribution in [0.15, 0.2) is 17.1 Å². The molecule has 0 aromatic carbocycles. The summed E-state index contributed by atoms with van der Waals surface area (Å²) in [6, 6.07) is 0. The van der Waals surface area contributed by atoms with Gasteiger partial charge in [0, 0.05) is 6.21 Å². The Kier molecular flexibility index (Phi) is 4.26. The van der Waals surface area contributed by atoms with Gasteiger partial charge < -0.3 is 4.74 Å². The molecular formula is C9H15NO2. The second-order valence-electron chi connectivity index (χ2n) is 3.28. The molecule has 3 nitrogen and oxygen atoms in total. The van der Waals surface area contributed by atoms with Crippen molar-refractivity contribution in [2.45, 2.75) is 33.3 Å². The third kappa shape index (κ3) is 6.99. The monoisotopic (exact) mass is 169 g/mol. The number of hydrogen-bond acceptors (Lipinski definition) is 2. The van der Waals surface area contributed by atoms with Gasteiger partial charge in [-0.25, -0.2) is 4.79 Å². The first-order valence-corrected chi connectivity index (χ1v) is 3.84. The van der Waals surface area contributed by atoms with E-state index in [4.69, 9.17) is 4.74 Å². The highest BCUT2D eigenvalue weighted by atomic mass is 16.6. The highest BCUT2D eigenvalue weighted by Crippen LogP contribution is 2.07. The zero-order valence-electron chi connectivity index (χ0n) is 8.00. The van der Waals surface area contributed by atoms with Gasteiger partial charge in [0.05, 0.1) is 0 Å². The Labute approximate surface area is 73.1 Å². The Morgan fingerprint density at radius 1 is 1.42 bits per heavy atom. The van der Waals surface area contributed by atoms with Crippen LogP contribution in [-0.4, -0.2) is 17.9 Å². The third-order valence-electron chi connectivity index (χ3n) is 0.852. The fourth-order valence-corrected chi connectivity index (χ4v) is 0.478. The van der Waals surface area contributed by atoms with E-state index in [1.54, 1.807) is 32.9 Å². The van der Waals surface area contributed by atoms with Crippen LogP contribution in [0.1, 0.15) is 27.7 Å². The Bertz CT molecular complexity index is 199. The molecule has 0 saturated carbocycles. The first-order valence-electron chi connectivity index (χ1n) is 3.84. The SMILES string of the molecule is CC=CC=NC(=O)OC(C)(C)C. The minimum Gasteiger partial charge on any atom is -0.442 e. The number of carbonyl (C=O) groups excluding carboxylic acids is 1. The molecule has 68 valence electrons. The number of allylic oxidation sites excluding steroid dienone is 2. The highest BCUT2D eigenvalue weighted by molar-refractivity contribution is 5.84. The van der Waals surface area contributed by atoms with Crippen molar-refractivity contribution in [3.05, 3.63) is 12.2 Å². The molecule has 0 fully saturated rings. The number of amides is 1. The van der Waals surface area contributed by atoms with Crippen molar-refractivity contribution in [2.75, 3.05) is 0 Å². The van der Waals surface area contributed by atoms with Gasteiger partial charge in [-0.2, -0.15) is 4.99 Å². The van der Waals surface area contributed by atoms with Crippen LogP contribution in [0, 0.1) is 0 Å². The predicted molar refractivity (Wildman–Crippen MR) is 49.5 cm³/mol. The zero-order chi connectivity index (χ0) is 9.61. The van der Waals surface area contributed by atoms with Gasteiger partial charge in [0.25, 0.3) is 0 Å². The summed E-state index contributed by atoms with van der Waals surface area (Å²) in [5.41, 5.74) is -0.468. The summed E-state index contributed by atoms with van der Waals surface area (Å²) in [7, 11) is 0. The van der Waals surface area contributed by atoms with Crippen LogP contribution >= 0.6 is 0 Å². The minimum atomic E-state index is -0.555. The van der Waals surface area contributed by atoms with E-state index in [9.17, 15) is 4.79 Å². The number of hydrogen-bond donors (Lipinski definition) is 0. The van der Waals surface area contributed by atoms with Crippen LogP contribution in [0.25, 0.3) is 0 Å². The Morgan fingerprint density at radius 2 is 2.00 bits per heavy atom. The van der Waals surface area contributed by atoms with Gasteiger partial charge in [-0.1, -0.05) is 6.08 Å². The molecular weight excluding hydrogens is 154 g/mol. The molecule has 1 amide bonds. The van der Waals surface area contributed by atoms with E-state index in [-0.39, 0.29) is 0 Å². The summed E-state index contributed by atoms with van der Waals surface area (Å²) < 4.78 is 4.91. The normalized spacial score (nSPS) is 12.7. The van der Waals surface area contributed by atoms with E-state index in [1.165, 1.54) is 6.21 Å². The summed E-state index contributed by atoms with van der Waals surface area (Å²) in [4.78, 5) is 14.4. The van der Waals surface area contributed by atoms with Crippen molar-refractivity contribution >= 4 is 12.3 Å². The van der Waals surface area contributed by atoms with E-state index in [0.29, 0.717) is 0 Å². The standard InChI is InChI=1S/C9H15NO2/c1-5-6-7-10-8(11)12-9(2,3)4/h5-7H,1-4H3. The molecule has 0 bridgehead atoms. The maximum Gasteiger partial charge on any atom is 0.434 e. The van der Waals surface area contributed by atoms with Gasteiger partial charge in [-0.3, -0.25) is 0 Å². The summed E-state index contributed by atoms with van der Waals surface area (Å²) >= 11 is 0. The highest BCUT2D eigenvalue weighted by Gasteiger charge is 2.14. The van der Waals surface area contributed by atoms with Crippen molar-refractivity contribution in [2.24, 2.45) is 4.99 Å². The van der Waals surface area contributed by atoms with Gasteiger partial charge >= 0.3 is 6.09 Å². The average Bonchev–Trinajstić information content (AvgIpc) is 1.84. The Morgan fingerprint density at radius 3 is 2.42 bits per heavy atom. The smallest absolute Gasteiger partial charge is 0.434 e. The van der Waals surface area contributed by atoms with Crippen molar-refractivity contribution in [3.8, 4) is 0 Å². The van der Waals surface area contributed by atoms with Crippen molar-refractivity contribution < 1.29 is 9.53 Å². The molecule has 0 aromatic rings. The summed E-state index contributed by atoms with van der Waals surface area (Å²) in [5.74, 6) is 0. The molecule has 0 aliphatic carbocycles. The van der Waals surface area contributed by atoms with Crippen LogP contribution < -0.4 is 0 Å². The molecule has 12 heavy (non-hydrogen) atoms. The first kappa shape index (κ1) is 10.9. The molecule has 0 rings (SSSR count). The van der Waals surface area contributed by atoms with Gasteiger partial charge in [0.15, 0.2) is 0 Å². The molecule has 0 heterocycles. The number of rotatable bonds is 1. The van der Waals surface area contributed by atoms with Gasteiger partial charge in [0.2, 0.25) is 0 Å². The molecule has 0 radical (unpaired) electrons. The maximum atomic E-state index is 10.9. The fourth-order valence-electron chi connectivity index (χ4n) is 0.478. The molecule has 0 saturated heterocycles. The lowest BCUT2D eigenvalue weighted by molar-refractivity contribution is 0.0605. The topological polar surface area (TPSA) is 38.7 Å². The lowest BCUT2D eigenvalue weighted by atomic mass is 10.2. The lowest BCUT2D eigenvalue weighted by Crippen LogP contribution is -2.21. The largest absolute Gasteiger partial charge is 0.442 e. The zero-order valence-corrected chi connectivity index (χ0v) is 8.00. The first-order chi connectivity index (χ1) is 5.45. The van der Waals surface area contributed by atoms with E-state index < -0.39 is 11.7 Å². The number of nitrogens with zero attached hydrogens (tertiary/aromatic N) is 1. The Hall–Kier alpha value is -1.12. The van der Waals surface area contributed by atoms with Crippen molar-refractivity contribution in [1.82, 2.24) is 0 Å². The van der Waals surface area contributed by atoms with E-state index >= 15 is 0 Å². The molecule has 3 heteroatoms. The third-order valence-corrected chi connectivity index (χ3v) is 0.852. The number of aliphatic imine (C=N–C) groups is 1. The predicted octanol–water partition coefficient (Wildman–Crippen LogP) is 2.57. The van der Waals surface area contributed by atoms with Crippen LogP contribution in [-0.2, 0) is 4.74 Å². The summed E-state index contributed by atoms with van der Waals surface area (Å²) in [6.45, 7) is 7.25. The van der Waals surface area contributed by atoms with Gasteiger partial charge in [-0.15, -0.1) is 0 Å². The summed E-state index contributed by atoms with van der Waals surface area (Å²) in [5, 5.41) is 0. The quantitative estimate of drug-likeness (QED) is 0.566. The number of ether oxygens (including phenoxy) is 1. The molecule has 0 aromatic heterocycles. The van der Waals surface area contributed by atoms with Crippen molar-refractivity contribution in [3.63, 3.8) is 0 Å².